The normalized spacial score (nSPS) is 19.3. The third-order valence-electron chi connectivity index (χ3n) is 6.32. The highest BCUT2D eigenvalue weighted by atomic mass is 16.5. The highest BCUT2D eigenvalue weighted by Crippen LogP contribution is 2.34. The molecule has 0 aromatic carbocycles. The second kappa shape index (κ2) is 13.0. The molecule has 0 bridgehead atoms. The Hall–Kier alpha value is -3.25. The summed E-state index contributed by atoms with van der Waals surface area (Å²) >= 11 is 0. The van der Waals surface area contributed by atoms with E-state index in [4.69, 9.17) is 18.9 Å². The van der Waals surface area contributed by atoms with E-state index in [-0.39, 0.29) is 65.1 Å². The smallest absolute Gasteiger partial charge is 0.336 e. The summed E-state index contributed by atoms with van der Waals surface area (Å²) in [4.78, 5) is 70.0. The Morgan fingerprint density at radius 1 is 0.632 bits per heavy atom. The molecule has 2 unspecified atom stereocenters. The van der Waals surface area contributed by atoms with Crippen LogP contribution >= 0.6 is 0 Å². The van der Waals surface area contributed by atoms with Crippen LogP contribution in [0.15, 0.2) is 14.4 Å². The summed E-state index contributed by atoms with van der Waals surface area (Å²) in [5.41, 5.74) is -2.57. The van der Waals surface area contributed by atoms with Crippen LogP contribution in [-0.2, 0) is 38.6 Å². The lowest BCUT2D eigenvalue weighted by molar-refractivity contribution is -0.0193. The van der Waals surface area contributed by atoms with E-state index in [0.717, 1.165) is 13.7 Å². The van der Waals surface area contributed by atoms with E-state index in [2.05, 4.69) is 0 Å². The number of carbonyl (C=O) groups is 2. The minimum Gasteiger partial charge on any atom is -0.395 e. The van der Waals surface area contributed by atoms with Crippen LogP contribution in [0, 0.1) is 0 Å². The zero-order valence-corrected chi connectivity index (χ0v) is 22.0. The molecule has 17 heteroatoms. The van der Waals surface area contributed by atoms with Gasteiger partial charge in [-0.1, -0.05) is 0 Å². The summed E-state index contributed by atoms with van der Waals surface area (Å²) < 4.78 is 23.4. The first-order valence-corrected chi connectivity index (χ1v) is 12.0. The van der Waals surface area contributed by atoms with Gasteiger partial charge < -0.3 is 29.0 Å². The molecule has 0 spiro atoms. The van der Waals surface area contributed by atoms with Gasteiger partial charge in [-0.25, -0.2) is 37.7 Å². The summed E-state index contributed by atoms with van der Waals surface area (Å²) in [7, 11) is 4.29. The molecule has 1 aromatic rings. The monoisotopic (exact) mass is 545 g/mol. The molecule has 38 heavy (non-hydrogen) atoms. The molecule has 1 aromatic heterocycles. The first-order chi connectivity index (χ1) is 18.3. The van der Waals surface area contributed by atoms with Crippen LogP contribution in [0.2, 0.25) is 0 Å². The fourth-order valence-electron chi connectivity index (χ4n) is 4.62. The highest BCUT2D eigenvalue weighted by molar-refractivity contribution is 5.85. The molecule has 2 fully saturated rings. The van der Waals surface area contributed by atoms with Crippen molar-refractivity contribution < 1.29 is 33.6 Å². The molecule has 2 aliphatic heterocycles. The van der Waals surface area contributed by atoms with Gasteiger partial charge in [-0.05, 0) is 6.92 Å². The van der Waals surface area contributed by atoms with Gasteiger partial charge in [0.25, 0.3) is 0 Å². The van der Waals surface area contributed by atoms with Crippen molar-refractivity contribution in [2.24, 2.45) is 0 Å². The Morgan fingerprint density at radius 2 is 1.08 bits per heavy atom. The molecule has 0 radical (unpaired) electrons. The Kier molecular flexibility index (Phi) is 10.0. The molecule has 4 amide bonds. The number of rotatable bonds is 15. The largest absolute Gasteiger partial charge is 0.395 e. The summed E-state index contributed by atoms with van der Waals surface area (Å²) in [6.45, 7) is 0.615. The molecular weight excluding hydrogens is 510 g/mol. The summed E-state index contributed by atoms with van der Waals surface area (Å²) in [6, 6.07) is -0.734. The molecule has 0 saturated carbocycles. The second-order valence-corrected chi connectivity index (χ2v) is 8.48. The van der Waals surface area contributed by atoms with E-state index < -0.39 is 36.0 Å². The third-order valence-corrected chi connectivity index (χ3v) is 6.32. The van der Waals surface area contributed by atoms with Crippen LogP contribution in [0.5, 0.6) is 0 Å². The molecule has 214 valence electrons. The van der Waals surface area contributed by atoms with Gasteiger partial charge in [0.05, 0.1) is 39.5 Å². The van der Waals surface area contributed by atoms with Gasteiger partial charge in [0.2, 0.25) is 0 Å². The Balaban J connectivity index is 1.79. The molecule has 3 rings (SSSR count). The number of likely N-dealkylation sites (N-methyl/N-ethyl adjacent to an activating group) is 1. The number of methoxy groups -OCH3 is 3. The number of aromatic nitrogens is 3. The SMILES string of the molecule is CCN1C(=O)N(COCCn2c(=O)n(CCO)c(=O)n(CCOC)c2=O)C2C1N(COC)C(=O)N2COC. The van der Waals surface area contributed by atoms with Gasteiger partial charge in [0.15, 0.2) is 12.3 Å². The van der Waals surface area contributed by atoms with E-state index in [1.54, 1.807) is 6.92 Å². The quantitative estimate of drug-likeness (QED) is 0.226. The standard InChI is InChI=1S/C21H35N7O10/c1-5-22-15-16(27(13-37-4)21(34)26(15)12-36-3)28(17(22)30)14-38-11-8-25-19(32)23(6-9-29)18(31)24(20(25)33)7-10-35-2/h15-16,29H,5-14H2,1-4H3. The molecule has 1 N–H and O–H groups in total. The van der Waals surface area contributed by atoms with Crippen molar-refractivity contribution in [3.05, 3.63) is 31.5 Å². The van der Waals surface area contributed by atoms with Crippen LogP contribution in [0.25, 0.3) is 0 Å². The van der Waals surface area contributed by atoms with Crippen LogP contribution < -0.4 is 17.1 Å². The molecule has 3 heterocycles. The molecule has 17 nitrogen and oxygen atoms in total. The number of carbonyl (C=O) groups excluding carboxylic acids is 2. The lowest BCUT2D eigenvalue weighted by atomic mass is 10.3. The van der Waals surface area contributed by atoms with Crippen molar-refractivity contribution in [2.45, 2.75) is 38.9 Å². The molecular formula is C21H35N7O10. The van der Waals surface area contributed by atoms with Gasteiger partial charge in [0, 0.05) is 27.9 Å². The number of aliphatic hydroxyl groups excluding tert-OH is 1. The van der Waals surface area contributed by atoms with Gasteiger partial charge in [-0.3, -0.25) is 14.7 Å². The third kappa shape index (κ3) is 5.32. The van der Waals surface area contributed by atoms with Crippen molar-refractivity contribution in [3.63, 3.8) is 0 Å². The number of nitrogens with zero attached hydrogens (tertiary/aromatic N) is 7. The Labute approximate surface area is 217 Å². The van der Waals surface area contributed by atoms with Gasteiger partial charge in [-0.2, -0.15) is 0 Å². The summed E-state index contributed by atoms with van der Waals surface area (Å²) in [5, 5.41) is 9.27. The summed E-state index contributed by atoms with van der Waals surface area (Å²) in [6.07, 6.45) is -1.35. The van der Waals surface area contributed by atoms with Crippen molar-refractivity contribution in [2.75, 3.05) is 67.9 Å². The van der Waals surface area contributed by atoms with E-state index in [1.807, 2.05) is 0 Å². The highest BCUT2D eigenvalue weighted by Gasteiger charge is 2.58. The molecule has 2 saturated heterocycles. The van der Waals surface area contributed by atoms with Crippen molar-refractivity contribution in [3.8, 4) is 0 Å². The van der Waals surface area contributed by atoms with Gasteiger partial charge in [-0.15, -0.1) is 0 Å². The zero-order valence-electron chi connectivity index (χ0n) is 22.0. The van der Waals surface area contributed by atoms with Crippen LogP contribution in [0.4, 0.5) is 9.59 Å². The number of aliphatic hydroxyl groups is 1. The lowest BCUT2D eigenvalue weighted by Crippen LogP contribution is -2.55. The van der Waals surface area contributed by atoms with Crippen LogP contribution in [-0.4, -0.2) is 131 Å². The maximum atomic E-state index is 13.2. The van der Waals surface area contributed by atoms with Crippen LogP contribution in [0.3, 0.4) is 0 Å². The Bertz CT molecular complexity index is 1160. The topological polar surface area (TPSA) is 170 Å². The maximum absolute atomic E-state index is 13.2. The molecule has 2 aliphatic rings. The first kappa shape index (κ1) is 29.3. The minimum absolute atomic E-state index is 0.0273. The van der Waals surface area contributed by atoms with Crippen molar-refractivity contribution >= 4 is 12.1 Å². The number of amides is 4. The number of ether oxygens (including phenoxy) is 4. The fraction of sp³-hybridized carbons (Fsp3) is 0.762. The molecule has 2 atom stereocenters. The first-order valence-electron chi connectivity index (χ1n) is 12.0. The predicted molar refractivity (Wildman–Crippen MR) is 129 cm³/mol. The number of hydrogen-bond acceptors (Lipinski definition) is 10. The average molecular weight is 546 g/mol. The van der Waals surface area contributed by atoms with E-state index in [1.165, 1.54) is 40.9 Å². The second-order valence-electron chi connectivity index (χ2n) is 8.48. The molecule has 0 aliphatic carbocycles. The lowest BCUT2D eigenvalue weighted by Gasteiger charge is -2.28. The minimum atomic E-state index is -0.886. The fourth-order valence-corrected chi connectivity index (χ4v) is 4.62. The maximum Gasteiger partial charge on any atom is 0.336 e. The Morgan fingerprint density at radius 3 is 1.55 bits per heavy atom. The van der Waals surface area contributed by atoms with Crippen molar-refractivity contribution in [1.82, 2.24) is 33.3 Å². The summed E-state index contributed by atoms with van der Waals surface area (Å²) in [5.74, 6) is 0. The van der Waals surface area contributed by atoms with Crippen molar-refractivity contribution in [1.29, 1.82) is 0 Å². The number of hydrogen-bond donors (Lipinski definition) is 1. The van der Waals surface area contributed by atoms with Gasteiger partial charge in [0.1, 0.15) is 20.2 Å². The van der Waals surface area contributed by atoms with E-state index >= 15 is 0 Å². The number of fused-ring (bicyclic) bond motifs is 1. The van der Waals surface area contributed by atoms with E-state index in [9.17, 15) is 29.1 Å². The van der Waals surface area contributed by atoms with Crippen LogP contribution in [0.1, 0.15) is 6.92 Å². The van der Waals surface area contributed by atoms with Gasteiger partial charge >= 0.3 is 29.1 Å². The van der Waals surface area contributed by atoms with E-state index in [0.29, 0.717) is 6.54 Å². The zero-order chi connectivity index (χ0) is 28.0. The number of urea groups is 2. The average Bonchev–Trinajstić information content (AvgIpc) is 3.31. The predicted octanol–water partition coefficient (Wildman–Crippen LogP) is -2.86.